The molecular formula is C24H26ClN5O2S. The zero-order valence-electron chi connectivity index (χ0n) is 18.8. The van der Waals surface area contributed by atoms with Gasteiger partial charge in [0.1, 0.15) is 0 Å². The zero-order chi connectivity index (χ0) is 24.0. The Morgan fingerprint density at radius 3 is 2.33 bits per heavy atom. The Bertz CT molecular complexity index is 1140. The summed E-state index contributed by atoms with van der Waals surface area (Å²) in [5.41, 5.74) is 7.41. The third-order valence-corrected chi connectivity index (χ3v) is 6.01. The molecular weight excluding hydrogens is 458 g/mol. The summed E-state index contributed by atoms with van der Waals surface area (Å²) in [5, 5.41) is 9.70. The van der Waals surface area contributed by atoms with Crippen LogP contribution in [0.5, 0.6) is 0 Å². The Hall–Kier alpha value is -3.10. The molecule has 3 rings (SSSR count). The first-order chi connectivity index (χ1) is 15.7. The topological polar surface area (TPSA) is 88.9 Å². The Balaban J connectivity index is 1.63. The molecule has 9 heteroatoms. The minimum atomic E-state index is -0.430. The van der Waals surface area contributed by atoms with Crippen LogP contribution in [0.25, 0.3) is 11.4 Å². The molecule has 7 nitrogen and oxygen atoms in total. The lowest BCUT2D eigenvalue weighted by molar-refractivity contribution is -0.119. The lowest BCUT2D eigenvalue weighted by Crippen LogP contribution is -2.42. The highest BCUT2D eigenvalue weighted by Gasteiger charge is 2.17. The number of hydrogen-bond acceptors (Lipinski definition) is 5. The number of nitrogens with zero attached hydrogens (tertiary/aromatic N) is 3. The normalized spacial score (nSPS) is 11.2. The lowest BCUT2D eigenvalue weighted by atomic mass is 9.87. The van der Waals surface area contributed by atoms with Crippen LogP contribution in [0.3, 0.4) is 0 Å². The second kappa shape index (κ2) is 10.7. The van der Waals surface area contributed by atoms with Crippen LogP contribution in [0.1, 0.15) is 36.7 Å². The molecule has 0 unspecified atom stereocenters. The van der Waals surface area contributed by atoms with E-state index < -0.39 is 5.91 Å². The van der Waals surface area contributed by atoms with Gasteiger partial charge in [-0.3, -0.25) is 25.0 Å². The number of amides is 2. The molecule has 2 amide bonds. The van der Waals surface area contributed by atoms with Gasteiger partial charge in [0.15, 0.2) is 11.0 Å². The van der Waals surface area contributed by atoms with E-state index >= 15 is 0 Å². The van der Waals surface area contributed by atoms with Gasteiger partial charge in [-0.1, -0.05) is 74.5 Å². The van der Waals surface area contributed by atoms with Crippen molar-refractivity contribution in [1.29, 1.82) is 0 Å². The van der Waals surface area contributed by atoms with Gasteiger partial charge in [-0.25, -0.2) is 0 Å². The van der Waals surface area contributed by atoms with Gasteiger partial charge in [0, 0.05) is 22.7 Å². The quantitative estimate of drug-likeness (QED) is 0.290. The van der Waals surface area contributed by atoms with Gasteiger partial charge in [0.2, 0.25) is 5.91 Å². The SMILES string of the molecule is C=CCn1c(SCC(=O)NNC(=O)c2ccc(Cl)cc2)nnc1-c1ccc(C(C)(C)C)cc1. The van der Waals surface area contributed by atoms with Gasteiger partial charge < -0.3 is 0 Å². The first kappa shape index (κ1) is 24.5. The molecule has 0 spiro atoms. The van der Waals surface area contributed by atoms with Crippen LogP contribution in [0.2, 0.25) is 5.02 Å². The predicted octanol–water partition coefficient (Wildman–Crippen LogP) is 4.64. The van der Waals surface area contributed by atoms with Crippen LogP contribution in [0, 0.1) is 0 Å². The van der Waals surface area contributed by atoms with Crippen molar-refractivity contribution in [2.45, 2.75) is 37.9 Å². The fourth-order valence-electron chi connectivity index (χ4n) is 2.99. The molecule has 0 fully saturated rings. The first-order valence-corrected chi connectivity index (χ1v) is 11.7. The average Bonchev–Trinajstić information content (AvgIpc) is 3.19. The molecule has 0 saturated heterocycles. The van der Waals surface area contributed by atoms with Crippen molar-refractivity contribution in [2.24, 2.45) is 0 Å². The predicted molar refractivity (Wildman–Crippen MR) is 132 cm³/mol. The standard InChI is InChI=1S/C24H26ClN5O2S/c1-5-14-30-21(16-6-10-18(11-7-16)24(2,3)4)27-29-23(30)33-15-20(31)26-28-22(32)17-8-12-19(25)13-9-17/h5-13H,1,14-15H2,2-4H3,(H,26,31)(H,28,32). The van der Waals surface area contributed by atoms with E-state index in [2.05, 4.69) is 60.5 Å². The van der Waals surface area contributed by atoms with Crippen molar-refractivity contribution >= 4 is 35.2 Å². The lowest BCUT2D eigenvalue weighted by Gasteiger charge is -2.19. The molecule has 1 heterocycles. The number of carbonyl (C=O) groups is 2. The fraction of sp³-hybridized carbons (Fsp3) is 0.250. The van der Waals surface area contributed by atoms with Crippen LogP contribution in [0.4, 0.5) is 0 Å². The Kier molecular flexibility index (Phi) is 7.94. The molecule has 0 saturated carbocycles. The minimum absolute atomic E-state index is 0.0547. The van der Waals surface area contributed by atoms with Gasteiger partial charge in [-0.2, -0.15) is 0 Å². The summed E-state index contributed by atoms with van der Waals surface area (Å²) in [5.74, 6) is -0.0410. The highest BCUT2D eigenvalue weighted by molar-refractivity contribution is 7.99. The Morgan fingerprint density at radius 1 is 1.06 bits per heavy atom. The summed E-state index contributed by atoms with van der Waals surface area (Å²) in [6, 6.07) is 14.6. The van der Waals surface area contributed by atoms with Crippen molar-refractivity contribution in [1.82, 2.24) is 25.6 Å². The molecule has 0 aliphatic carbocycles. The van der Waals surface area contributed by atoms with Crippen LogP contribution in [0.15, 0.2) is 66.3 Å². The number of thioether (sulfide) groups is 1. The fourth-order valence-corrected chi connectivity index (χ4v) is 3.86. The number of carbonyl (C=O) groups excluding carboxylic acids is 2. The summed E-state index contributed by atoms with van der Waals surface area (Å²) in [6.07, 6.45) is 1.76. The number of nitrogens with one attached hydrogen (secondary N) is 2. The van der Waals surface area contributed by atoms with Gasteiger partial charge >= 0.3 is 0 Å². The average molecular weight is 484 g/mol. The smallest absolute Gasteiger partial charge is 0.269 e. The van der Waals surface area contributed by atoms with E-state index in [9.17, 15) is 9.59 Å². The Morgan fingerprint density at radius 2 is 1.73 bits per heavy atom. The summed E-state index contributed by atoms with van der Waals surface area (Å²) in [7, 11) is 0. The van der Waals surface area contributed by atoms with Crippen molar-refractivity contribution in [3.8, 4) is 11.4 Å². The molecule has 0 radical (unpaired) electrons. The second-order valence-corrected chi connectivity index (χ2v) is 9.71. The van der Waals surface area contributed by atoms with Crippen molar-refractivity contribution in [3.63, 3.8) is 0 Å². The zero-order valence-corrected chi connectivity index (χ0v) is 20.3. The van der Waals surface area contributed by atoms with Crippen LogP contribution < -0.4 is 10.9 Å². The number of benzene rings is 2. The molecule has 0 aliphatic rings. The monoisotopic (exact) mass is 483 g/mol. The van der Waals surface area contributed by atoms with Crippen LogP contribution >= 0.6 is 23.4 Å². The van der Waals surface area contributed by atoms with Crippen LogP contribution in [-0.2, 0) is 16.8 Å². The van der Waals surface area contributed by atoms with Crippen LogP contribution in [-0.4, -0.2) is 32.3 Å². The highest BCUT2D eigenvalue weighted by Crippen LogP contribution is 2.27. The van der Waals surface area contributed by atoms with Crippen molar-refractivity contribution in [3.05, 3.63) is 77.3 Å². The summed E-state index contributed by atoms with van der Waals surface area (Å²) < 4.78 is 1.91. The number of halogens is 1. The third-order valence-electron chi connectivity index (χ3n) is 4.79. The van der Waals surface area contributed by atoms with E-state index in [0.717, 1.165) is 5.56 Å². The summed E-state index contributed by atoms with van der Waals surface area (Å²) >= 11 is 7.05. The van der Waals surface area contributed by atoms with E-state index in [1.165, 1.54) is 17.3 Å². The number of rotatable bonds is 7. The molecule has 1 aromatic heterocycles. The molecule has 2 aromatic carbocycles. The van der Waals surface area contributed by atoms with E-state index in [1.807, 2.05) is 16.7 Å². The van der Waals surface area contributed by atoms with E-state index in [0.29, 0.717) is 28.1 Å². The highest BCUT2D eigenvalue weighted by atomic mass is 35.5. The largest absolute Gasteiger partial charge is 0.298 e. The molecule has 0 aliphatic heterocycles. The molecule has 2 N–H and O–H groups in total. The first-order valence-electron chi connectivity index (χ1n) is 10.3. The number of aromatic nitrogens is 3. The molecule has 0 bridgehead atoms. The van der Waals surface area contributed by atoms with Crippen molar-refractivity contribution < 1.29 is 9.59 Å². The van der Waals surface area contributed by atoms with Gasteiger partial charge in [0.05, 0.1) is 5.75 Å². The van der Waals surface area contributed by atoms with E-state index in [4.69, 9.17) is 11.6 Å². The number of hydrogen-bond donors (Lipinski definition) is 2. The maximum Gasteiger partial charge on any atom is 0.269 e. The van der Waals surface area contributed by atoms with Crippen molar-refractivity contribution in [2.75, 3.05) is 5.75 Å². The molecule has 33 heavy (non-hydrogen) atoms. The van der Waals surface area contributed by atoms with E-state index in [-0.39, 0.29) is 17.1 Å². The summed E-state index contributed by atoms with van der Waals surface area (Å²) in [4.78, 5) is 24.3. The molecule has 172 valence electrons. The van der Waals surface area contributed by atoms with Gasteiger partial charge in [-0.05, 0) is 35.2 Å². The van der Waals surface area contributed by atoms with E-state index in [1.54, 1.807) is 30.3 Å². The number of allylic oxidation sites excluding steroid dienone is 1. The third kappa shape index (κ3) is 6.46. The number of hydrazine groups is 1. The maximum absolute atomic E-state index is 12.2. The maximum atomic E-state index is 12.2. The molecule has 0 atom stereocenters. The van der Waals surface area contributed by atoms with Gasteiger partial charge in [-0.15, -0.1) is 16.8 Å². The van der Waals surface area contributed by atoms with Gasteiger partial charge in [0.25, 0.3) is 5.91 Å². The Labute approximate surface area is 202 Å². The molecule has 3 aromatic rings. The second-order valence-electron chi connectivity index (χ2n) is 8.33. The minimum Gasteiger partial charge on any atom is -0.298 e. The summed E-state index contributed by atoms with van der Waals surface area (Å²) in [6.45, 7) is 10.8.